The summed E-state index contributed by atoms with van der Waals surface area (Å²) >= 11 is 0. The van der Waals surface area contributed by atoms with E-state index in [0.29, 0.717) is 0 Å². The molecule has 22 heavy (non-hydrogen) atoms. The topological polar surface area (TPSA) is 50.2 Å². The maximum absolute atomic E-state index is 12.3. The Morgan fingerprint density at radius 3 is 2.73 bits per heavy atom. The molecule has 2 aromatic rings. The fraction of sp³-hybridized carbons (Fsp3) is 0.412. The normalized spacial score (nSPS) is 16.4. The number of benzene rings is 1. The van der Waals surface area contributed by atoms with Gasteiger partial charge in [-0.1, -0.05) is 0 Å². The third kappa shape index (κ3) is 2.71. The molecule has 116 valence electrons. The molecule has 0 fully saturated rings. The number of carbonyl (C=O) groups excluding carboxylic acids is 1. The van der Waals surface area contributed by atoms with Crippen molar-refractivity contribution in [1.29, 1.82) is 0 Å². The number of aromatic nitrogens is 2. The second-order valence-corrected chi connectivity index (χ2v) is 5.52. The summed E-state index contributed by atoms with van der Waals surface area (Å²) < 4.78 is 2.18. The van der Waals surface area contributed by atoms with E-state index >= 15 is 0 Å². The first-order valence-corrected chi connectivity index (χ1v) is 7.89. The second kappa shape index (κ2) is 6.22. The van der Waals surface area contributed by atoms with Gasteiger partial charge < -0.3 is 14.8 Å². The summed E-state index contributed by atoms with van der Waals surface area (Å²) in [7, 11) is 0. The number of hydrogen-bond donors (Lipinski definition) is 1. The summed E-state index contributed by atoms with van der Waals surface area (Å²) in [4.78, 5) is 18.5. The van der Waals surface area contributed by atoms with Crippen LogP contribution in [0.4, 0.5) is 5.69 Å². The van der Waals surface area contributed by atoms with E-state index in [0.717, 1.165) is 43.1 Å². The van der Waals surface area contributed by atoms with Crippen molar-refractivity contribution in [1.82, 2.24) is 14.5 Å². The van der Waals surface area contributed by atoms with E-state index in [2.05, 4.69) is 14.9 Å². The first-order chi connectivity index (χ1) is 10.7. The summed E-state index contributed by atoms with van der Waals surface area (Å²) in [5, 5.41) is 3.50. The van der Waals surface area contributed by atoms with E-state index in [-0.39, 0.29) is 11.9 Å². The summed E-state index contributed by atoms with van der Waals surface area (Å²) in [5.74, 6) is 1.18. The number of carbonyl (C=O) groups is 1. The number of fused-ring (bicyclic) bond motifs is 1. The minimum atomic E-state index is 0.0907. The highest BCUT2D eigenvalue weighted by Gasteiger charge is 2.23. The maximum atomic E-state index is 12.3. The lowest BCUT2D eigenvalue weighted by atomic mass is 10.1. The highest BCUT2D eigenvalue weighted by atomic mass is 16.2. The van der Waals surface area contributed by atoms with Gasteiger partial charge in [-0.25, -0.2) is 4.98 Å². The number of rotatable bonds is 5. The minimum absolute atomic E-state index is 0.0907. The highest BCUT2D eigenvalue weighted by Crippen LogP contribution is 2.27. The quantitative estimate of drug-likeness (QED) is 0.923. The molecule has 1 N–H and O–H groups in total. The van der Waals surface area contributed by atoms with Crippen molar-refractivity contribution in [3.8, 4) is 0 Å². The van der Waals surface area contributed by atoms with E-state index in [1.54, 1.807) is 0 Å². The van der Waals surface area contributed by atoms with Gasteiger partial charge in [0.25, 0.3) is 5.91 Å². The Morgan fingerprint density at radius 1 is 1.32 bits per heavy atom. The zero-order valence-electron chi connectivity index (χ0n) is 13.1. The summed E-state index contributed by atoms with van der Waals surface area (Å²) in [5.41, 5.74) is 1.76. The molecule has 1 aromatic carbocycles. The van der Waals surface area contributed by atoms with Gasteiger partial charge in [0.2, 0.25) is 0 Å². The van der Waals surface area contributed by atoms with Gasteiger partial charge in [-0.05, 0) is 44.5 Å². The van der Waals surface area contributed by atoms with Crippen LogP contribution in [-0.4, -0.2) is 33.4 Å². The van der Waals surface area contributed by atoms with Crippen LogP contribution in [0.25, 0.3) is 0 Å². The molecule has 0 aliphatic carbocycles. The van der Waals surface area contributed by atoms with Gasteiger partial charge in [-0.2, -0.15) is 0 Å². The van der Waals surface area contributed by atoms with Crippen LogP contribution < -0.4 is 5.32 Å². The number of aryl methyl sites for hydroxylation is 1. The van der Waals surface area contributed by atoms with E-state index in [9.17, 15) is 4.79 Å². The van der Waals surface area contributed by atoms with Crippen LogP contribution in [0.5, 0.6) is 0 Å². The largest absolute Gasteiger partial charge is 0.375 e. The van der Waals surface area contributed by atoms with E-state index in [1.165, 1.54) is 0 Å². The molecule has 0 saturated carbocycles. The molecular weight excluding hydrogens is 276 g/mol. The summed E-state index contributed by atoms with van der Waals surface area (Å²) in [6.07, 6.45) is 4.90. The third-order valence-corrected chi connectivity index (χ3v) is 4.24. The van der Waals surface area contributed by atoms with E-state index in [1.807, 2.05) is 55.4 Å². The smallest absolute Gasteiger partial charge is 0.253 e. The lowest BCUT2D eigenvalue weighted by Crippen LogP contribution is -2.30. The fourth-order valence-electron chi connectivity index (χ4n) is 2.96. The Balaban J connectivity index is 1.69. The Labute approximate surface area is 131 Å². The van der Waals surface area contributed by atoms with Crippen LogP contribution >= 0.6 is 0 Å². The van der Waals surface area contributed by atoms with Crippen LogP contribution in [0.15, 0.2) is 36.7 Å². The van der Waals surface area contributed by atoms with Gasteiger partial charge in [0.05, 0.1) is 6.04 Å². The van der Waals surface area contributed by atoms with Crippen LogP contribution in [0.3, 0.4) is 0 Å². The predicted molar refractivity (Wildman–Crippen MR) is 86.9 cm³/mol. The van der Waals surface area contributed by atoms with Gasteiger partial charge in [-0.15, -0.1) is 0 Å². The molecule has 5 heteroatoms. The molecule has 1 aliphatic heterocycles. The van der Waals surface area contributed by atoms with Gasteiger partial charge in [-0.3, -0.25) is 4.79 Å². The summed E-state index contributed by atoms with van der Waals surface area (Å²) in [6, 6.07) is 7.98. The molecule has 1 unspecified atom stereocenters. The van der Waals surface area contributed by atoms with Crippen molar-refractivity contribution in [3.05, 3.63) is 48.0 Å². The molecule has 1 atom stereocenters. The van der Waals surface area contributed by atoms with Gasteiger partial charge >= 0.3 is 0 Å². The number of nitrogens with zero attached hydrogens (tertiary/aromatic N) is 3. The minimum Gasteiger partial charge on any atom is -0.375 e. The standard InChI is InChI=1S/C17H22N4O/c1-3-20(4-2)17(22)13-5-7-14(8-6-13)19-15-9-11-21-12-10-18-16(15)21/h5-8,10,12,15,19H,3-4,9,11H2,1-2H3. The molecule has 0 radical (unpaired) electrons. The summed E-state index contributed by atoms with van der Waals surface area (Å²) in [6.45, 7) is 6.48. The van der Waals surface area contributed by atoms with Crippen molar-refractivity contribution < 1.29 is 4.79 Å². The van der Waals surface area contributed by atoms with Gasteiger partial charge in [0.1, 0.15) is 5.82 Å². The van der Waals surface area contributed by atoms with E-state index < -0.39 is 0 Å². The Kier molecular flexibility index (Phi) is 4.13. The van der Waals surface area contributed by atoms with Crippen LogP contribution in [0, 0.1) is 0 Å². The van der Waals surface area contributed by atoms with Crippen molar-refractivity contribution >= 4 is 11.6 Å². The monoisotopic (exact) mass is 298 g/mol. The lowest BCUT2D eigenvalue weighted by Gasteiger charge is -2.19. The molecule has 0 bridgehead atoms. The molecule has 2 heterocycles. The first kappa shape index (κ1) is 14.6. The third-order valence-electron chi connectivity index (χ3n) is 4.24. The number of anilines is 1. The van der Waals surface area contributed by atoms with Crippen molar-refractivity contribution in [3.63, 3.8) is 0 Å². The number of amides is 1. The first-order valence-electron chi connectivity index (χ1n) is 7.89. The average Bonchev–Trinajstić information content (AvgIpc) is 3.14. The fourth-order valence-corrected chi connectivity index (χ4v) is 2.96. The SMILES string of the molecule is CCN(CC)C(=O)c1ccc(NC2CCn3ccnc32)cc1. The number of hydrogen-bond acceptors (Lipinski definition) is 3. The number of nitrogens with one attached hydrogen (secondary N) is 1. The molecule has 1 aromatic heterocycles. The van der Waals surface area contributed by atoms with Crippen molar-refractivity contribution in [2.24, 2.45) is 0 Å². The van der Waals surface area contributed by atoms with Crippen LogP contribution in [-0.2, 0) is 6.54 Å². The van der Waals surface area contributed by atoms with E-state index in [4.69, 9.17) is 0 Å². The van der Waals surface area contributed by atoms with Crippen LogP contribution in [0.1, 0.15) is 42.5 Å². The molecule has 5 nitrogen and oxygen atoms in total. The zero-order chi connectivity index (χ0) is 15.5. The second-order valence-electron chi connectivity index (χ2n) is 5.52. The molecule has 1 amide bonds. The Hall–Kier alpha value is -2.30. The molecule has 0 spiro atoms. The Bertz CT molecular complexity index is 643. The predicted octanol–water partition coefficient (Wildman–Crippen LogP) is 2.92. The zero-order valence-corrected chi connectivity index (χ0v) is 13.1. The van der Waals surface area contributed by atoms with Crippen LogP contribution in [0.2, 0.25) is 0 Å². The lowest BCUT2D eigenvalue weighted by molar-refractivity contribution is 0.0773. The highest BCUT2D eigenvalue weighted by molar-refractivity contribution is 5.94. The molecular formula is C17H22N4O. The Morgan fingerprint density at radius 2 is 2.05 bits per heavy atom. The van der Waals surface area contributed by atoms with Crippen molar-refractivity contribution in [2.75, 3.05) is 18.4 Å². The average molecular weight is 298 g/mol. The van der Waals surface area contributed by atoms with Gasteiger partial charge in [0, 0.05) is 43.3 Å². The van der Waals surface area contributed by atoms with Crippen molar-refractivity contribution in [2.45, 2.75) is 32.9 Å². The molecule has 3 rings (SSSR count). The molecule has 1 aliphatic rings. The maximum Gasteiger partial charge on any atom is 0.253 e. The molecule has 0 saturated heterocycles. The van der Waals surface area contributed by atoms with Gasteiger partial charge in [0.15, 0.2) is 0 Å². The number of imidazole rings is 1.